The third kappa shape index (κ3) is 12.6. The first-order valence-electron chi connectivity index (χ1n) is 8.06. The highest BCUT2D eigenvalue weighted by Gasteiger charge is 2.16. The largest absolute Gasteiger partial charge is 0.480 e. The van der Waals surface area contributed by atoms with E-state index < -0.39 is 5.97 Å². The molecule has 0 aromatic rings. The molecule has 0 heterocycles. The highest BCUT2D eigenvalue weighted by molar-refractivity contribution is 8.00. The van der Waals surface area contributed by atoms with E-state index in [0.717, 1.165) is 18.6 Å². The maximum Gasteiger partial charge on any atom is 0.316 e. The average molecular weight is 288 g/mol. The van der Waals surface area contributed by atoms with E-state index in [9.17, 15) is 9.90 Å². The SMILES string of the molecule is CCCCCCCC[C@H](SCCCCCC)C(=O)O. The van der Waals surface area contributed by atoms with Gasteiger partial charge in [-0.2, -0.15) is 0 Å². The molecule has 0 saturated heterocycles. The van der Waals surface area contributed by atoms with Crippen LogP contribution in [0.2, 0.25) is 0 Å². The fraction of sp³-hybridized carbons (Fsp3) is 0.938. The molecule has 1 N–H and O–H groups in total. The van der Waals surface area contributed by atoms with E-state index in [2.05, 4.69) is 13.8 Å². The number of hydrogen-bond acceptors (Lipinski definition) is 2. The van der Waals surface area contributed by atoms with E-state index in [1.54, 1.807) is 11.8 Å². The van der Waals surface area contributed by atoms with Gasteiger partial charge < -0.3 is 5.11 Å². The van der Waals surface area contributed by atoms with Crippen LogP contribution in [0.4, 0.5) is 0 Å². The molecule has 0 aliphatic heterocycles. The van der Waals surface area contributed by atoms with E-state index in [1.165, 1.54) is 57.8 Å². The lowest BCUT2D eigenvalue weighted by atomic mass is 10.1. The molecule has 0 saturated carbocycles. The van der Waals surface area contributed by atoms with Gasteiger partial charge in [0.25, 0.3) is 0 Å². The number of thioether (sulfide) groups is 1. The van der Waals surface area contributed by atoms with Crippen molar-refractivity contribution in [2.24, 2.45) is 0 Å². The third-order valence-electron chi connectivity index (χ3n) is 3.41. The monoisotopic (exact) mass is 288 g/mol. The van der Waals surface area contributed by atoms with Crippen molar-refractivity contribution in [2.45, 2.75) is 89.7 Å². The summed E-state index contributed by atoms with van der Waals surface area (Å²) in [6.45, 7) is 4.42. The molecule has 0 fully saturated rings. The van der Waals surface area contributed by atoms with Gasteiger partial charge >= 0.3 is 5.97 Å². The summed E-state index contributed by atoms with van der Waals surface area (Å²) in [6, 6.07) is 0. The van der Waals surface area contributed by atoms with Gasteiger partial charge in [-0.1, -0.05) is 71.6 Å². The van der Waals surface area contributed by atoms with Gasteiger partial charge in [0, 0.05) is 0 Å². The summed E-state index contributed by atoms with van der Waals surface area (Å²) in [5.74, 6) is 0.390. The topological polar surface area (TPSA) is 37.3 Å². The summed E-state index contributed by atoms with van der Waals surface area (Å²) >= 11 is 1.65. The van der Waals surface area contributed by atoms with Gasteiger partial charge in [-0.05, 0) is 18.6 Å². The van der Waals surface area contributed by atoms with Crippen molar-refractivity contribution >= 4 is 17.7 Å². The fourth-order valence-corrected chi connectivity index (χ4v) is 3.27. The van der Waals surface area contributed by atoms with Crippen LogP contribution in [0.5, 0.6) is 0 Å². The number of hydrogen-bond donors (Lipinski definition) is 1. The fourth-order valence-electron chi connectivity index (χ4n) is 2.14. The van der Waals surface area contributed by atoms with Crippen molar-refractivity contribution in [1.29, 1.82) is 0 Å². The van der Waals surface area contributed by atoms with E-state index in [0.29, 0.717) is 0 Å². The van der Waals surface area contributed by atoms with Gasteiger partial charge in [0.05, 0.1) is 0 Å². The van der Waals surface area contributed by atoms with Crippen molar-refractivity contribution in [3.8, 4) is 0 Å². The third-order valence-corrected chi connectivity index (χ3v) is 4.78. The number of carbonyl (C=O) groups is 1. The molecule has 0 spiro atoms. The molecule has 114 valence electrons. The first kappa shape index (κ1) is 18.8. The second kappa shape index (κ2) is 14.2. The van der Waals surface area contributed by atoms with E-state index in [-0.39, 0.29) is 5.25 Å². The summed E-state index contributed by atoms with van der Waals surface area (Å²) in [5, 5.41) is 9.02. The lowest BCUT2D eigenvalue weighted by molar-refractivity contribution is -0.136. The first-order valence-corrected chi connectivity index (χ1v) is 9.11. The Hall–Kier alpha value is -0.180. The van der Waals surface area contributed by atoms with Gasteiger partial charge in [0.2, 0.25) is 0 Å². The molecule has 0 amide bonds. The molecule has 0 aromatic carbocycles. The Morgan fingerprint density at radius 3 is 2.00 bits per heavy atom. The molecule has 0 radical (unpaired) electrons. The van der Waals surface area contributed by atoms with Gasteiger partial charge in [-0.15, -0.1) is 11.8 Å². The number of carboxylic acid groups (broad SMARTS) is 1. The predicted octanol–water partition coefficient (Wildman–Crippen LogP) is 5.50. The molecule has 0 unspecified atom stereocenters. The standard InChI is InChI=1S/C16H32O2S/c1-3-5-7-9-10-11-13-15(16(17)18)19-14-12-8-6-4-2/h15H,3-14H2,1-2H3,(H,17,18)/t15-/m0/s1. The number of rotatable bonds is 14. The summed E-state index contributed by atoms with van der Waals surface area (Å²) in [5.41, 5.74) is 0. The maximum absolute atomic E-state index is 11.2. The molecular formula is C16H32O2S. The molecule has 0 aliphatic rings. The first-order chi connectivity index (χ1) is 9.22. The molecule has 0 bridgehead atoms. The van der Waals surface area contributed by atoms with Crippen LogP contribution in [-0.4, -0.2) is 22.1 Å². The van der Waals surface area contributed by atoms with Crippen LogP contribution >= 0.6 is 11.8 Å². The van der Waals surface area contributed by atoms with E-state index in [4.69, 9.17) is 0 Å². The summed E-state index contributed by atoms with van der Waals surface area (Å²) < 4.78 is 0. The van der Waals surface area contributed by atoms with Gasteiger partial charge in [0.1, 0.15) is 5.25 Å². The summed E-state index contributed by atoms with van der Waals surface area (Å²) in [7, 11) is 0. The Morgan fingerprint density at radius 1 is 0.895 bits per heavy atom. The maximum atomic E-state index is 11.2. The molecule has 0 aromatic heterocycles. The van der Waals surface area contributed by atoms with Crippen molar-refractivity contribution < 1.29 is 9.90 Å². The van der Waals surface area contributed by atoms with Crippen molar-refractivity contribution in [1.82, 2.24) is 0 Å². The predicted molar refractivity (Wildman–Crippen MR) is 86.0 cm³/mol. The zero-order valence-corrected chi connectivity index (χ0v) is 13.6. The van der Waals surface area contributed by atoms with E-state index in [1.807, 2.05) is 0 Å². The van der Waals surface area contributed by atoms with Crippen LogP contribution < -0.4 is 0 Å². The average Bonchev–Trinajstić information content (AvgIpc) is 2.39. The minimum atomic E-state index is -0.617. The smallest absolute Gasteiger partial charge is 0.316 e. The molecule has 1 atom stereocenters. The highest BCUT2D eigenvalue weighted by Crippen LogP contribution is 2.20. The second-order valence-corrected chi connectivity index (χ2v) is 6.63. The number of carboxylic acids is 1. The number of aliphatic carboxylic acids is 1. The van der Waals surface area contributed by atoms with Crippen LogP contribution in [0.1, 0.15) is 84.5 Å². The molecule has 0 rings (SSSR count). The Morgan fingerprint density at radius 2 is 1.42 bits per heavy atom. The van der Waals surface area contributed by atoms with Crippen LogP contribution in [0.3, 0.4) is 0 Å². The molecular weight excluding hydrogens is 256 g/mol. The van der Waals surface area contributed by atoms with Gasteiger partial charge in [-0.25, -0.2) is 0 Å². The molecule has 3 heteroatoms. The molecule has 0 aliphatic carbocycles. The number of unbranched alkanes of at least 4 members (excludes halogenated alkanes) is 8. The molecule has 2 nitrogen and oxygen atoms in total. The van der Waals surface area contributed by atoms with Gasteiger partial charge in [0.15, 0.2) is 0 Å². The van der Waals surface area contributed by atoms with Crippen molar-refractivity contribution in [3.63, 3.8) is 0 Å². The van der Waals surface area contributed by atoms with Crippen LogP contribution in [-0.2, 0) is 4.79 Å². The molecule has 19 heavy (non-hydrogen) atoms. The van der Waals surface area contributed by atoms with Crippen LogP contribution in [0, 0.1) is 0 Å². The quantitative estimate of drug-likeness (QED) is 0.429. The van der Waals surface area contributed by atoms with Crippen LogP contribution in [0.15, 0.2) is 0 Å². The lowest BCUT2D eigenvalue weighted by Gasteiger charge is -2.11. The summed E-state index contributed by atoms with van der Waals surface area (Å²) in [4.78, 5) is 11.2. The normalized spacial score (nSPS) is 12.5. The Labute approximate surface area is 123 Å². The van der Waals surface area contributed by atoms with Crippen molar-refractivity contribution in [2.75, 3.05) is 5.75 Å². The Balaban J connectivity index is 3.54. The van der Waals surface area contributed by atoms with Crippen molar-refractivity contribution in [3.05, 3.63) is 0 Å². The Kier molecular flexibility index (Phi) is 14.1. The Bertz CT molecular complexity index is 207. The van der Waals surface area contributed by atoms with E-state index >= 15 is 0 Å². The minimum absolute atomic E-state index is 0.173. The second-order valence-electron chi connectivity index (χ2n) is 5.31. The zero-order valence-electron chi connectivity index (χ0n) is 12.8. The summed E-state index contributed by atoms with van der Waals surface area (Å²) in [6.07, 6.45) is 13.2. The van der Waals surface area contributed by atoms with Gasteiger partial charge in [-0.3, -0.25) is 4.79 Å². The lowest BCUT2D eigenvalue weighted by Crippen LogP contribution is -2.16. The van der Waals surface area contributed by atoms with Crippen LogP contribution in [0.25, 0.3) is 0 Å². The minimum Gasteiger partial charge on any atom is -0.480 e. The highest BCUT2D eigenvalue weighted by atomic mass is 32.2. The zero-order chi connectivity index (χ0) is 14.3.